The van der Waals surface area contributed by atoms with E-state index in [1.54, 1.807) is 13.0 Å². The van der Waals surface area contributed by atoms with Crippen molar-refractivity contribution in [2.24, 2.45) is 5.41 Å². The molecule has 2 rings (SSSR count). The molecule has 1 fully saturated rings. The highest BCUT2D eigenvalue weighted by molar-refractivity contribution is 9.10. The molecule has 0 heterocycles. The van der Waals surface area contributed by atoms with E-state index >= 15 is 0 Å². The van der Waals surface area contributed by atoms with Gasteiger partial charge in [0.1, 0.15) is 11.6 Å². The number of hydrogen-bond acceptors (Lipinski definition) is 1. The summed E-state index contributed by atoms with van der Waals surface area (Å²) in [4.78, 5) is 11.4. The first-order valence-corrected chi connectivity index (χ1v) is 5.78. The van der Waals surface area contributed by atoms with Crippen molar-refractivity contribution in [2.45, 2.75) is 26.2 Å². The number of Topliss-reactive ketones (excluding diaryl/α,β-unsaturated/α-hetero) is 1. The van der Waals surface area contributed by atoms with Crippen LogP contribution in [0.25, 0.3) is 0 Å². The Morgan fingerprint density at radius 2 is 2.20 bits per heavy atom. The Morgan fingerprint density at radius 3 is 2.67 bits per heavy atom. The topological polar surface area (TPSA) is 17.1 Å². The molecule has 0 radical (unpaired) electrons. The van der Waals surface area contributed by atoms with E-state index in [-0.39, 0.29) is 17.0 Å². The van der Waals surface area contributed by atoms with E-state index in [1.807, 2.05) is 6.07 Å². The van der Waals surface area contributed by atoms with Gasteiger partial charge in [-0.1, -0.05) is 22.0 Å². The van der Waals surface area contributed by atoms with E-state index in [1.165, 1.54) is 6.07 Å². The summed E-state index contributed by atoms with van der Waals surface area (Å²) in [6.45, 7) is 1.60. The third-order valence-electron chi connectivity index (χ3n) is 3.14. The summed E-state index contributed by atoms with van der Waals surface area (Å²) in [5.41, 5.74) is 0.389. The molecule has 0 atom stereocenters. The van der Waals surface area contributed by atoms with Crippen LogP contribution in [0.5, 0.6) is 0 Å². The zero-order chi connectivity index (χ0) is 11.1. The Labute approximate surface area is 96.8 Å². The minimum atomic E-state index is -0.255. The highest BCUT2D eigenvalue weighted by Crippen LogP contribution is 2.49. The second kappa shape index (κ2) is 3.71. The molecule has 0 bridgehead atoms. The van der Waals surface area contributed by atoms with Gasteiger partial charge < -0.3 is 0 Å². The Hall–Kier alpha value is -0.700. The summed E-state index contributed by atoms with van der Waals surface area (Å²) in [6.07, 6.45) is 2.34. The molecule has 1 saturated carbocycles. The summed E-state index contributed by atoms with van der Waals surface area (Å²) >= 11 is 3.21. The average Bonchev–Trinajstić information content (AvgIpc) is 2.91. The van der Waals surface area contributed by atoms with Gasteiger partial charge in [-0.2, -0.15) is 0 Å². The molecule has 0 spiro atoms. The second-order valence-corrected chi connectivity index (χ2v) is 5.16. The fraction of sp³-hybridized carbons (Fsp3) is 0.417. The van der Waals surface area contributed by atoms with Gasteiger partial charge in [-0.25, -0.2) is 4.39 Å². The quantitative estimate of drug-likeness (QED) is 0.822. The minimum Gasteiger partial charge on any atom is -0.299 e. The van der Waals surface area contributed by atoms with Crippen LogP contribution in [0.15, 0.2) is 22.7 Å². The maximum absolute atomic E-state index is 13.5. The summed E-state index contributed by atoms with van der Waals surface area (Å²) < 4.78 is 14.3. The standard InChI is InChI=1S/C12H12BrFO/c1-8(15)12(4-5-12)7-9-2-3-10(13)6-11(9)14/h2-3,6H,4-5,7H2,1H3. The van der Waals surface area contributed by atoms with Crippen molar-refractivity contribution >= 4 is 21.7 Å². The van der Waals surface area contributed by atoms with E-state index in [0.29, 0.717) is 12.0 Å². The molecular weight excluding hydrogens is 259 g/mol. The van der Waals surface area contributed by atoms with Crippen LogP contribution in [-0.2, 0) is 11.2 Å². The third kappa shape index (κ3) is 2.12. The molecule has 0 aliphatic heterocycles. The van der Waals surface area contributed by atoms with Gasteiger partial charge in [0, 0.05) is 9.89 Å². The molecule has 1 aliphatic carbocycles. The highest BCUT2D eigenvalue weighted by Gasteiger charge is 2.47. The molecule has 15 heavy (non-hydrogen) atoms. The lowest BCUT2D eigenvalue weighted by molar-refractivity contribution is -0.121. The number of carbonyl (C=O) groups excluding carboxylic acids is 1. The molecule has 1 aliphatic rings. The lowest BCUT2D eigenvalue weighted by Gasteiger charge is -2.11. The molecule has 1 aromatic carbocycles. The first-order chi connectivity index (χ1) is 7.03. The van der Waals surface area contributed by atoms with Crippen LogP contribution in [0.3, 0.4) is 0 Å². The van der Waals surface area contributed by atoms with Crippen LogP contribution in [0.4, 0.5) is 4.39 Å². The van der Waals surface area contributed by atoms with Crippen LogP contribution in [0.1, 0.15) is 25.3 Å². The first-order valence-electron chi connectivity index (χ1n) is 4.98. The van der Waals surface area contributed by atoms with Crippen molar-refractivity contribution in [1.82, 2.24) is 0 Å². The number of carbonyl (C=O) groups is 1. The Kier molecular flexibility index (Phi) is 2.67. The normalized spacial score (nSPS) is 17.5. The van der Waals surface area contributed by atoms with E-state index < -0.39 is 0 Å². The van der Waals surface area contributed by atoms with E-state index in [9.17, 15) is 9.18 Å². The minimum absolute atomic E-state index is 0.185. The predicted octanol–water partition coefficient (Wildman–Crippen LogP) is 3.50. The summed E-state index contributed by atoms with van der Waals surface area (Å²) in [5, 5.41) is 0. The van der Waals surface area contributed by atoms with Crippen LogP contribution >= 0.6 is 15.9 Å². The number of benzene rings is 1. The molecule has 0 aromatic heterocycles. The van der Waals surface area contributed by atoms with Crippen molar-refractivity contribution in [3.63, 3.8) is 0 Å². The van der Waals surface area contributed by atoms with Crippen LogP contribution < -0.4 is 0 Å². The molecular formula is C12H12BrFO. The zero-order valence-electron chi connectivity index (χ0n) is 8.52. The average molecular weight is 271 g/mol. The molecule has 0 amide bonds. The Balaban J connectivity index is 2.21. The monoisotopic (exact) mass is 270 g/mol. The Bertz CT molecular complexity index is 410. The number of hydrogen-bond donors (Lipinski definition) is 0. The van der Waals surface area contributed by atoms with Gasteiger partial charge in [0.05, 0.1) is 0 Å². The van der Waals surface area contributed by atoms with Crippen molar-refractivity contribution in [1.29, 1.82) is 0 Å². The Morgan fingerprint density at radius 1 is 1.53 bits per heavy atom. The molecule has 1 aromatic rings. The summed E-state index contributed by atoms with van der Waals surface area (Å²) in [6, 6.07) is 5.02. The summed E-state index contributed by atoms with van der Waals surface area (Å²) in [5.74, 6) is -0.0401. The molecule has 0 N–H and O–H groups in total. The summed E-state index contributed by atoms with van der Waals surface area (Å²) in [7, 11) is 0. The molecule has 1 nitrogen and oxygen atoms in total. The molecule has 0 unspecified atom stereocenters. The lowest BCUT2D eigenvalue weighted by atomic mass is 9.93. The number of rotatable bonds is 3. The van der Waals surface area contributed by atoms with Gasteiger partial charge in [0.15, 0.2) is 0 Å². The maximum Gasteiger partial charge on any atom is 0.136 e. The largest absolute Gasteiger partial charge is 0.299 e. The fourth-order valence-corrected chi connectivity index (χ4v) is 2.17. The molecule has 80 valence electrons. The number of halogens is 2. The van der Waals surface area contributed by atoms with Crippen molar-refractivity contribution in [2.75, 3.05) is 0 Å². The van der Waals surface area contributed by atoms with Crippen molar-refractivity contribution < 1.29 is 9.18 Å². The SMILES string of the molecule is CC(=O)C1(Cc2ccc(Br)cc2F)CC1. The van der Waals surface area contributed by atoms with Crippen LogP contribution in [0.2, 0.25) is 0 Å². The van der Waals surface area contributed by atoms with Gasteiger partial charge in [0.2, 0.25) is 0 Å². The third-order valence-corrected chi connectivity index (χ3v) is 3.64. The lowest BCUT2D eigenvalue weighted by Crippen LogP contribution is -2.15. The first kappa shape index (κ1) is 10.8. The van der Waals surface area contributed by atoms with E-state index in [0.717, 1.165) is 17.3 Å². The van der Waals surface area contributed by atoms with Gasteiger partial charge in [0.25, 0.3) is 0 Å². The zero-order valence-corrected chi connectivity index (χ0v) is 10.1. The second-order valence-electron chi connectivity index (χ2n) is 4.25. The molecule has 3 heteroatoms. The van der Waals surface area contributed by atoms with Crippen LogP contribution in [-0.4, -0.2) is 5.78 Å². The van der Waals surface area contributed by atoms with Gasteiger partial charge in [-0.15, -0.1) is 0 Å². The smallest absolute Gasteiger partial charge is 0.136 e. The fourth-order valence-electron chi connectivity index (χ4n) is 1.83. The van der Waals surface area contributed by atoms with Gasteiger partial charge in [-0.3, -0.25) is 4.79 Å². The van der Waals surface area contributed by atoms with Crippen LogP contribution in [0, 0.1) is 11.2 Å². The van der Waals surface area contributed by atoms with Crippen molar-refractivity contribution in [3.05, 3.63) is 34.1 Å². The number of ketones is 1. The predicted molar refractivity (Wildman–Crippen MR) is 60.2 cm³/mol. The van der Waals surface area contributed by atoms with Gasteiger partial charge in [-0.05, 0) is 43.9 Å². The highest BCUT2D eigenvalue weighted by atomic mass is 79.9. The molecule has 0 saturated heterocycles. The van der Waals surface area contributed by atoms with E-state index in [2.05, 4.69) is 15.9 Å². The maximum atomic E-state index is 13.5. The van der Waals surface area contributed by atoms with Gasteiger partial charge >= 0.3 is 0 Å². The van der Waals surface area contributed by atoms with Crippen molar-refractivity contribution in [3.8, 4) is 0 Å². The van der Waals surface area contributed by atoms with E-state index in [4.69, 9.17) is 0 Å².